The summed E-state index contributed by atoms with van der Waals surface area (Å²) in [6.45, 7) is -1.30. The first-order chi connectivity index (χ1) is 33.5. The smallest absolute Gasteiger partial charge is 0.327 e. The van der Waals surface area contributed by atoms with Crippen molar-refractivity contribution in [2.24, 2.45) is 11.5 Å². The van der Waals surface area contributed by atoms with Gasteiger partial charge in [-0.15, -0.1) is 0 Å². The number of rotatable bonds is 28. The Bertz CT molecular complexity index is 2420. The summed E-state index contributed by atoms with van der Waals surface area (Å²) < 4.78 is 0. The number of aliphatic hydroxyl groups is 1. The van der Waals surface area contributed by atoms with Crippen molar-refractivity contribution in [2.45, 2.75) is 80.8 Å². The number of nitrogens with two attached hydrogens (primary N) is 2. The highest BCUT2D eigenvalue weighted by molar-refractivity contribution is 7.80. The fraction of sp³-hybridized carbons (Fsp3) is 0.391. The lowest BCUT2D eigenvalue weighted by atomic mass is 10.0. The van der Waals surface area contributed by atoms with Crippen molar-refractivity contribution in [2.75, 3.05) is 31.2 Å². The number of aliphatic carboxylic acids is 1. The standard InChI is InChI=1S/C46H60N10O12S2/c47-16-4-3-7-33(41(62)56-38(24-70)46(67)68)52-43(64)35(18-26-10-14-29(59)15-11-26)53-44(65)36(19-27-20-49-32-6-2-1-5-30(27)32)54-45(66)37(22-57)55-42(63)34(17-25-8-12-28(58)13-9-25)51-39(60)21-50-40(61)31(48)23-69/h1-2,5-6,8-15,20,31,33-38,49,57-59,69-70H,3-4,7,16-19,21-24,47-48H2,(H,50,61)(H,51,60)(H,52,64)(H,53,65)(H,54,66)(H,55,63)(H,56,62)(H,67,68)/t31-,33-,34-,35-,36-,37-,38-/m0/s1. The molecule has 0 saturated carbocycles. The first-order valence-electron chi connectivity index (χ1n) is 22.2. The number of nitrogens with one attached hydrogen (secondary N) is 8. The molecule has 378 valence electrons. The number of unbranched alkanes of at least 4 members (excludes halogenated alkanes) is 1. The highest BCUT2D eigenvalue weighted by Gasteiger charge is 2.34. The lowest BCUT2D eigenvalue weighted by molar-refractivity contribution is -0.141. The van der Waals surface area contributed by atoms with Gasteiger partial charge in [0.25, 0.3) is 0 Å². The van der Waals surface area contributed by atoms with Crippen LogP contribution in [0.4, 0.5) is 0 Å². The van der Waals surface area contributed by atoms with Crippen LogP contribution in [0.2, 0.25) is 0 Å². The molecule has 4 rings (SSSR count). The maximum Gasteiger partial charge on any atom is 0.327 e. The Balaban J connectivity index is 1.64. The molecule has 0 aliphatic carbocycles. The Morgan fingerprint density at radius 2 is 1.07 bits per heavy atom. The van der Waals surface area contributed by atoms with Gasteiger partial charge in [0.1, 0.15) is 47.8 Å². The number of aromatic amines is 1. The van der Waals surface area contributed by atoms with E-state index in [9.17, 15) is 58.8 Å². The number of hydrogen-bond acceptors (Lipinski definition) is 15. The normalized spacial score (nSPS) is 14.1. The number of carboxylic acids is 1. The number of hydrogen-bond donors (Lipinski definition) is 16. The summed E-state index contributed by atoms with van der Waals surface area (Å²) >= 11 is 7.98. The Labute approximate surface area is 413 Å². The van der Waals surface area contributed by atoms with Crippen LogP contribution in [0.5, 0.6) is 11.5 Å². The van der Waals surface area contributed by atoms with E-state index in [-0.39, 0.29) is 55.2 Å². The summed E-state index contributed by atoms with van der Waals surface area (Å²) in [6.07, 6.45) is 1.91. The van der Waals surface area contributed by atoms with Crippen molar-refractivity contribution in [3.63, 3.8) is 0 Å². The first kappa shape index (κ1) is 55.7. The predicted molar refractivity (Wildman–Crippen MR) is 264 cm³/mol. The molecule has 0 saturated heterocycles. The molecule has 7 amide bonds. The van der Waals surface area contributed by atoms with E-state index < -0.39 is 103 Å². The van der Waals surface area contributed by atoms with Crippen LogP contribution in [0.1, 0.15) is 36.0 Å². The van der Waals surface area contributed by atoms with E-state index in [0.717, 1.165) is 0 Å². The largest absolute Gasteiger partial charge is 0.508 e. The lowest BCUT2D eigenvalue weighted by Crippen LogP contribution is -2.61. The third-order valence-electron chi connectivity index (χ3n) is 10.9. The fourth-order valence-electron chi connectivity index (χ4n) is 7.01. The molecule has 0 unspecified atom stereocenters. The van der Waals surface area contributed by atoms with Crippen LogP contribution in [0.15, 0.2) is 79.0 Å². The molecule has 1 heterocycles. The molecule has 0 fully saturated rings. The van der Waals surface area contributed by atoms with Gasteiger partial charge in [0.15, 0.2) is 0 Å². The average molecular weight is 1010 g/mol. The summed E-state index contributed by atoms with van der Waals surface area (Å²) in [7, 11) is 0. The Kier molecular flexibility index (Phi) is 22.3. The second-order valence-electron chi connectivity index (χ2n) is 16.2. The summed E-state index contributed by atoms with van der Waals surface area (Å²) in [4.78, 5) is 110. The third kappa shape index (κ3) is 17.3. The summed E-state index contributed by atoms with van der Waals surface area (Å²) in [6, 6.07) is 8.74. The van der Waals surface area contributed by atoms with Gasteiger partial charge in [-0.2, -0.15) is 25.3 Å². The maximum absolute atomic E-state index is 14.6. The molecule has 0 aliphatic heterocycles. The highest BCUT2D eigenvalue weighted by atomic mass is 32.1. The molecule has 0 bridgehead atoms. The molecule has 16 N–H and O–H groups in total. The average Bonchev–Trinajstić information content (AvgIpc) is 3.76. The molecule has 0 radical (unpaired) electrons. The van der Waals surface area contributed by atoms with E-state index in [1.807, 2.05) is 0 Å². The molecule has 3 aromatic carbocycles. The van der Waals surface area contributed by atoms with Gasteiger partial charge in [-0.25, -0.2) is 4.79 Å². The van der Waals surface area contributed by atoms with E-state index in [2.05, 4.69) is 67.5 Å². The van der Waals surface area contributed by atoms with Crippen molar-refractivity contribution in [3.05, 3.63) is 95.7 Å². The molecule has 0 spiro atoms. The van der Waals surface area contributed by atoms with Crippen LogP contribution in [0.3, 0.4) is 0 Å². The Morgan fingerprint density at radius 1 is 0.586 bits per heavy atom. The van der Waals surface area contributed by atoms with E-state index in [4.69, 9.17) is 11.5 Å². The van der Waals surface area contributed by atoms with Crippen LogP contribution >= 0.6 is 25.3 Å². The zero-order chi connectivity index (χ0) is 51.3. The van der Waals surface area contributed by atoms with E-state index in [1.165, 1.54) is 48.5 Å². The molecular weight excluding hydrogens is 949 g/mol. The number of para-hydroxylation sites is 1. The second-order valence-corrected chi connectivity index (χ2v) is 17.0. The Morgan fingerprint density at radius 3 is 1.60 bits per heavy atom. The zero-order valence-corrected chi connectivity index (χ0v) is 39.7. The number of amides is 7. The van der Waals surface area contributed by atoms with Gasteiger partial charge in [-0.05, 0) is 72.8 Å². The number of phenols is 2. The van der Waals surface area contributed by atoms with Gasteiger partial charge >= 0.3 is 5.97 Å². The maximum atomic E-state index is 14.6. The van der Waals surface area contributed by atoms with Gasteiger partial charge in [0, 0.05) is 47.9 Å². The number of fused-ring (bicyclic) bond motifs is 1. The number of thiol groups is 2. The quantitative estimate of drug-likeness (QED) is 0.0217. The molecule has 4 aromatic rings. The SMILES string of the molecule is NCCCC[C@H](NC(=O)[C@H](Cc1ccc(O)cc1)NC(=O)[C@H](Cc1c[nH]c2ccccc12)NC(=O)[C@H](CO)NC(=O)[C@H](Cc1ccc(O)cc1)NC(=O)CNC(=O)[C@@H](N)CS)C(=O)N[C@@H](CS)C(=O)O. The highest BCUT2D eigenvalue weighted by Crippen LogP contribution is 2.20. The minimum atomic E-state index is -1.73. The van der Waals surface area contributed by atoms with Gasteiger partial charge in [-0.1, -0.05) is 42.5 Å². The van der Waals surface area contributed by atoms with Crippen molar-refractivity contribution in [1.29, 1.82) is 0 Å². The zero-order valence-electron chi connectivity index (χ0n) is 37.9. The molecule has 22 nitrogen and oxygen atoms in total. The fourth-order valence-corrected chi connectivity index (χ4v) is 7.43. The first-order valence-corrected chi connectivity index (χ1v) is 23.4. The van der Waals surface area contributed by atoms with Crippen LogP contribution in [-0.2, 0) is 57.6 Å². The number of aliphatic hydroxyl groups excluding tert-OH is 1. The molecule has 70 heavy (non-hydrogen) atoms. The molecular formula is C46H60N10O12S2. The third-order valence-corrected chi connectivity index (χ3v) is 11.7. The van der Waals surface area contributed by atoms with Crippen LogP contribution < -0.4 is 48.7 Å². The number of carboxylic acid groups (broad SMARTS) is 1. The van der Waals surface area contributed by atoms with Crippen molar-refractivity contribution in [1.82, 2.24) is 42.2 Å². The number of H-pyrrole nitrogens is 1. The van der Waals surface area contributed by atoms with Gasteiger partial charge in [-0.3, -0.25) is 33.6 Å². The monoisotopic (exact) mass is 1010 g/mol. The topological polar surface area (TPSA) is 370 Å². The lowest BCUT2D eigenvalue weighted by Gasteiger charge is -2.27. The van der Waals surface area contributed by atoms with E-state index in [0.29, 0.717) is 40.4 Å². The minimum Gasteiger partial charge on any atom is -0.508 e. The number of benzene rings is 3. The summed E-state index contributed by atoms with van der Waals surface area (Å²) in [5.41, 5.74) is 13.5. The number of aromatic nitrogens is 1. The van der Waals surface area contributed by atoms with Gasteiger partial charge in [0.2, 0.25) is 41.4 Å². The van der Waals surface area contributed by atoms with Crippen molar-refractivity contribution in [3.8, 4) is 11.5 Å². The predicted octanol–water partition coefficient (Wildman–Crippen LogP) is -1.98. The molecule has 0 aliphatic rings. The van der Waals surface area contributed by atoms with Gasteiger partial charge in [0.05, 0.1) is 19.2 Å². The molecule has 1 aromatic heterocycles. The van der Waals surface area contributed by atoms with Crippen LogP contribution in [-0.4, -0.2) is 146 Å². The number of aromatic hydroxyl groups is 2. The van der Waals surface area contributed by atoms with Crippen LogP contribution in [0.25, 0.3) is 10.9 Å². The number of carbonyl (C=O) groups is 8. The van der Waals surface area contributed by atoms with E-state index in [1.54, 1.807) is 30.5 Å². The minimum absolute atomic E-state index is 0.00441. The molecule has 7 atom stereocenters. The van der Waals surface area contributed by atoms with Gasteiger partial charge < -0.3 is 74.1 Å². The Hall–Kier alpha value is -6.86. The summed E-state index contributed by atoms with van der Waals surface area (Å²) in [5.74, 6) is -7.85. The number of carbonyl (C=O) groups excluding carboxylic acids is 7. The second kappa shape index (κ2) is 28.0. The van der Waals surface area contributed by atoms with Crippen LogP contribution in [0, 0.1) is 0 Å². The number of phenolic OH excluding ortho intramolecular Hbond substituents is 2. The van der Waals surface area contributed by atoms with Crippen molar-refractivity contribution < 1.29 is 58.8 Å². The van der Waals surface area contributed by atoms with Crippen molar-refractivity contribution >= 4 is 83.5 Å². The molecule has 24 heteroatoms. The van der Waals surface area contributed by atoms with E-state index >= 15 is 0 Å². The summed E-state index contributed by atoms with van der Waals surface area (Å²) in [5, 5.41) is 58.0.